The minimum absolute atomic E-state index is 0.401. The zero-order valence-corrected chi connectivity index (χ0v) is 10.0. The second-order valence-electron chi connectivity index (χ2n) is 4.31. The van der Waals surface area contributed by atoms with Gasteiger partial charge in [0.05, 0.1) is 0 Å². The molecule has 0 saturated heterocycles. The minimum atomic E-state index is 0.401. The van der Waals surface area contributed by atoms with Crippen LogP contribution < -0.4 is 5.32 Å². The van der Waals surface area contributed by atoms with Gasteiger partial charge in [-0.1, -0.05) is 26.3 Å². The van der Waals surface area contributed by atoms with Gasteiger partial charge in [0.25, 0.3) is 0 Å². The van der Waals surface area contributed by atoms with Crippen LogP contribution in [0.25, 0.3) is 0 Å². The normalized spacial score (nSPS) is 14.9. The van der Waals surface area contributed by atoms with Gasteiger partial charge in [-0.2, -0.15) is 0 Å². The SMILES string of the molecule is CCC[C@@H](C)CN[C@@H](C)c1cccnc1. The summed E-state index contributed by atoms with van der Waals surface area (Å²) >= 11 is 0. The maximum atomic E-state index is 4.13. The van der Waals surface area contributed by atoms with E-state index in [9.17, 15) is 0 Å². The van der Waals surface area contributed by atoms with Crippen molar-refractivity contribution in [1.82, 2.24) is 10.3 Å². The van der Waals surface area contributed by atoms with Crippen molar-refractivity contribution in [1.29, 1.82) is 0 Å². The smallest absolute Gasteiger partial charge is 0.0315 e. The molecule has 0 aliphatic carbocycles. The summed E-state index contributed by atoms with van der Waals surface area (Å²) in [6, 6.07) is 4.51. The summed E-state index contributed by atoms with van der Waals surface area (Å²) in [4.78, 5) is 4.13. The van der Waals surface area contributed by atoms with Crippen LogP contribution in [0.1, 0.15) is 45.2 Å². The Hall–Kier alpha value is -0.890. The zero-order valence-electron chi connectivity index (χ0n) is 10.0. The fraction of sp³-hybridized carbons (Fsp3) is 0.615. The summed E-state index contributed by atoms with van der Waals surface area (Å²) in [6.45, 7) is 7.81. The van der Waals surface area contributed by atoms with Crippen LogP contribution in [0.4, 0.5) is 0 Å². The lowest BCUT2D eigenvalue weighted by molar-refractivity contribution is 0.443. The van der Waals surface area contributed by atoms with Gasteiger partial charge in [0.2, 0.25) is 0 Å². The molecule has 15 heavy (non-hydrogen) atoms. The number of hydrogen-bond acceptors (Lipinski definition) is 2. The van der Waals surface area contributed by atoms with Gasteiger partial charge < -0.3 is 5.32 Å². The average molecular weight is 206 g/mol. The van der Waals surface area contributed by atoms with Crippen molar-refractivity contribution in [3.05, 3.63) is 30.1 Å². The molecule has 2 heteroatoms. The highest BCUT2D eigenvalue weighted by atomic mass is 14.9. The van der Waals surface area contributed by atoms with E-state index in [1.807, 2.05) is 18.5 Å². The zero-order chi connectivity index (χ0) is 11.1. The van der Waals surface area contributed by atoms with Crippen LogP contribution >= 0.6 is 0 Å². The highest BCUT2D eigenvalue weighted by Gasteiger charge is 2.06. The van der Waals surface area contributed by atoms with E-state index in [1.165, 1.54) is 18.4 Å². The molecule has 1 heterocycles. The monoisotopic (exact) mass is 206 g/mol. The van der Waals surface area contributed by atoms with E-state index in [0.29, 0.717) is 6.04 Å². The van der Waals surface area contributed by atoms with Gasteiger partial charge in [0.15, 0.2) is 0 Å². The Morgan fingerprint density at radius 1 is 1.40 bits per heavy atom. The summed E-state index contributed by atoms with van der Waals surface area (Å²) in [7, 11) is 0. The topological polar surface area (TPSA) is 24.9 Å². The molecule has 0 aliphatic rings. The van der Waals surface area contributed by atoms with E-state index in [2.05, 4.69) is 37.1 Å². The first-order valence-corrected chi connectivity index (χ1v) is 5.87. The molecule has 0 amide bonds. The fourth-order valence-corrected chi connectivity index (χ4v) is 1.72. The van der Waals surface area contributed by atoms with Crippen molar-refractivity contribution in [3.63, 3.8) is 0 Å². The quantitative estimate of drug-likeness (QED) is 0.773. The number of pyridine rings is 1. The molecule has 1 aromatic rings. The maximum Gasteiger partial charge on any atom is 0.0315 e. The number of nitrogens with zero attached hydrogens (tertiary/aromatic N) is 1. The van der Waals surface area contributed by atoms with Crippen LogP contribution in [0.2, 0.25) is 0 Å². The Kier molecular flexibility index (Phi) is 5.33. The second kappa shape index (κ2) is 6.57. The predicted molar refractivity (Wildman–Crippen MR) is 64.7 cm³/mol. The largest absolute Gasteiger partial charge is 0.310 e. The predicted octanol–water partition coefficient (Wildman–Crippen LogP) is 3.17. The maximum absolute atomic E-state index is 4.13. The molecule has 0 aliphatic heterocycles. The summed E-state index contributed by atoms with van der Waals surface area (Å²) in [5.41, 5.74) is 1.26. The molecule has 0 fully saturated rings. The minimum Gasteiger partial charge on any atom is -0.310 e. The molecule has 0 radical (unpaired) electrons. The van der Waals surface area contributed by atoms with Crippen molar-refractivity contribution in [2.45, 2.75) is 39.7 Å². The summed E-state index contributed by atoms with van der Waals surface area (Å²) in [6.07, 6.45) is 6.31. The highest BCUT2D eigenvalue weighted by molar-refractivity contribution is 5.12. The van der Waals surface area contributed by atoms with E-state index >= 15 is 0 Å². The second-order valence-corrected chi connectivity index (χ2v) is 4.31. The van der Waals surface area contributed by atoms with Crippen molar-refractivity contribution in [3.8, 4) is 0 Å². The molecule has 0 aromatic carbocycles. The van der Waals surface area contributed by atoms with Crippen LogP contribution in [0.15, 0.2) is 24.5 Å². The van der Waals surface area contributed by atoms with Gasteiger partial charge in [-0.3, -0.25) is 4.98 Å². The Labute approximate surface area is 93.1 Å². The third-order valence-electron chi connectivity index (χ3n) is 2.74. The number of nitrogens with one attached hydrogen (secondary N) is 1. The molecular formula is C13H22N2. The molecule has 84 valence electrons. The van der Waals surface area contributed by atoms with Crippen molar-refractivity contribution in [2.24, 2.45) is 5.92 Å². The third kappa shape index (κ3) is 4.43. The lowest BCUT2D eigenvalue weighted by Crippen LogP contribution is -2.24. The van der Waals surface area contributed by atoms with Crippen LogP contribution in [0.3, 0.4) is 0 Å². The third-order valence-corrected chi connectivity index (χ3v) is 2.74. The van der Waals surface area contributed by atoms with E-state index < -0.39 is 0 Å². The Morgan fingerprint density at radius 2 is 2.20 bits per heavy atom. The Balaban J connectivity index is 2.33. The standard InChI is InChI=1S/C13H22N2/c1-4-6-11(2)9-15-12(3)13-7-5-8-14-10-13/h5,7-8,10-12,15H,4,6,9H2,1-3H3/t11-,12+/m1/s1. The number of rotatable bonds is 6. The summed E-state index contributed by atoms with van der Waals surface area (Å²) in [5.74, 6) is 0.758. The first kappa shape index (κ1) is 12.2. The van der Waals surface area contributed by atoms with Gasteiger partial charge in [-0.15, -0.1) is 0 Å². The van der Waals surface area contributed by atoms with E-state index in [0.717, 1.165) is 12.5 Å². The van der Waals surface area contributed by atoms with Gasteiger partial charge >= 0.3 is 0 Å². The fourth-order valence-electron chi connectivity index (χ4n) is 1.72. The number of hydrogen-bond donors (Lipinski definition) is 1. The lowest BCUT2D eigenvalue weighted by Gasteiger charge is -2.17. The first-order chi connectivity index (χ1) is 7.24. The molecule has 0 bridgehead atoms. The van der Waals surface area contributed by atoms with E-state index in [1.54, 1.807) is 0 Å². The molecule has 0 saturated carbocycles. The van der Waals surface area contributed by atoms with Crippen LogP contribution in [0.5, 0.6) is 0 Å². The van der Waals surface area contributed by atoms with E-state index in [-0.39, 0.29) is 0 Å². The molecule has 1 aromatic heterocycles. The molecule has 1 N–H and O–H groups in total. The van der Waals surface area contributed by atoms with Crippen molar-refractivity contribution in [2.75, 3.05) is 6.54 Å². The average Bonchev–Trinajstić information content (AvgIpc) is 2.27. The van der Waals surface area contributed by atoms with Gasteiger partial charge in [0, 0.05) is 18.4 Å². The molecule has 1 rings (SSSR count). The van der Waals surface area contributed by atoms with Gasteiger partial charge in [-0.05, 0) is 37.4 Å². The summed E-state index contributed by atoms with van der Waals surface area (Å²) < 4.78 is 0. The first-order valence-electron chi connectivity index (χ1n) is 5.87. The van der Waals surface area contributed by atoms with Crippen molar-refractivity contribution < 1.29 is 0 Å². The number of aromatic nitrogens is 1. The molecule has 2 atom stereocenters. The molecule has 0 spiro atoms. The van der Waals surface area contributed by atoms with Crippen LogP contribution in [-0.4, -0.2) is 11.5 Å². The Morgan fingerprint density at radius 3 is 2.80 bits per heavy atom. The van der Waals surface area contributed by atoms with Crippen molar-refractivity contribution >= 4 is 0 Å². The highest BCUT2D eigenvalue weighted by Crippen LogP contribution is 2.11. The molecule has 0 unspecified atom stereocenters. The van der Waals surface area contributed by atoms with E-state index in [4.69, 9.17) is 0 Å². The van der Waals surface area contributed by atoms with Crippen LogP contribution in [-0.2, 0) is 0 Å². The molecule has 2 nitrogen and oxygen atoms in total. The Bertz CT molecular complexity index is 258. The van der Waals surface area contributed by atoms with Gasteiger partial charge in [-0.25, -0.2) is 0 Å². The molecular weight excluding hydrogens is 184 g/mol. The van der Waals surface area contributed by atoms with Gasteiger partial charge in [0.1, 0.15) is 0 Å². The van der Waals surface area contributed by atoms with Crippen LogP contribution in [0, 0.1) is 5.92 Å². The lowest BCUT2D eigenvalue weighted by atomic mass is 10.1. The summed E-state index contributed by atoms with van der Waals surface area (Å²) in [5, 5.41) is 3.54.